The molecular weight excluding hydrogens is 424 g/mol. The summed E-state index contributed by atoms with van der Waals surface area (Å²) in [6, 6.07) is -1.13. The van der Waals surface area contributed by atoms with Gasteiger partial charge in [-0.05, 0) is 6.92 Å². The third-order valence-electron chi connectivity index (χ3n) is 3.62. The standard InChI is InChI=1S/C15H18N6O6S2/c1-4-26-15-18-12(16-13(19-15)21(2)3)17-14(23)20-29(24,25)9-7-28-8-5-6-27-11(22)10(8)9/h7H,4-6H2,1-3H3,(H2,16,17,18,19,20,23). The van der Waals surface area contributed by atoms with Crippen LogP contribution in [-0.2, 0) is 21.2 Å². The molecule has 2 aromatic rings. The van der Waals surface area contributed by atoms with Gasteiger partial charge in [0, 0.05) is 30.8 Å². The highest BCUT2D eigenvalue weighted by molar-refractivity contribution is 7.90. The Labute approximate surface area is 170 Å². The largest absolute Gasteiger partial charge is 0.464 e. The molecule has 1 aliphatic rings. The smallest absolute Gasteiger partial charge is 0.340 e. The third kappa shape index (κ3) is 4.54. The van der Waals surface area contributed by atoms with Crippen molar-refractivity contribution < 1.29 is 27.5 Å². The van der Waals surface area contributed by atoms with E-state index in [9.17, 15) is 18.0 Å². The van der Waals surface area contributed by atoms with Crippen molar-refractivity contribution in [1.29, 1.82) is 0 Å². The van der Waals surface area contributed by atoms with Crippen LogP contribution >= 0.6 is 11.3 Å². The lowest BCUT2D eigenvalue weighted by Crippen LogP contribution is -2.36. The van der Waals surface area contributed by atoms with Crippen LogP contribution in [0.2, 0.25) is 0 Å². The molecule has 0 unspecified atom stereocenters. The molecule has 156 valence electrons. The highest BCUT2D eigenvalue weighted by Gasteiger charge is 2.32. The Morgan fingerprint density at radius 2 is 2.10 bits per heavy atom. The summed E-state index contributed by atoms with van der Waals surface area (Å²) in [7, 11) is -0.965. The number of nitrogens with zero attached hydrogens (tertiary/aromatic N) is 4. The zero-order chi connectivity index (χ0) is 21.2. The summed E-state index contributed by atoms with van der Waals surface area (Å²) in [6.07, 6.45) is 0.422. The van der Waals surface area contributed by atoms with E-state index in [2.05, 4.69) is 20.3 Å². The van der Waals surface area contributed by atoms with Crippen LogP contribution in [0.25, 0.3) is 0 Å². The number of cyclic esters (lactones) is 1. The minimum atomic E-state index is -4.32. The Morgan fingerprint density at radius 1 is 1.34 bits per heavy atom. The van der Waals surface area contributed by atoms with Crippen LogP contribution in [0.15, 0.2) is 10.3 Å². The summed E-state index contributed by atoms with van der Waals surface area (Å²) >= 11 is 1.12. The average Bonchev–Trinajstić information content (AvgIpc) is 3.07. The van der Waals surface area contributed by atoms with Crippen LogP contribution in [0.5, 0.6) is 6.01 Å². The fourth-order valence-electron chi connectivity index (χ4n) is 2.38. The van der Waals surface area contributed by atoms with Gasteiger partial charge >= 0.3 is 18.0 Å². The summed E-state index contributed by atoms with van der Waals surface area (Å²) in [5, 5.41) is 3.53. The van der Waals surface area contributed by atoms with Crippen LogP contribution in [0.3, 0.4) is 0 Å². The number of fused-ring (bicyclic) bond motifs is 1. The first-order valence-corrected chi connectivity index (χ1v) is 10.7. The number of ether oxygens (including phenoxy) is 2. The lowest BCUT2D eigenvalue weighted by molar-refractivity contribution is 0.0478. The van der Waals surface area contributed by atoms with Crippen molar-refractivity contribution in [2.45, 2.75) is 18.2 Å². The summed E-state index contributed by atoms with van der Waals surface area (Å²) in [6.45, 7) is 2.21. The molecular formula is C15H18N6O6S2. The monoisotopic (exact) mass is 442 g/mol. The lowest BCUT2D eigenvalue weighted by Gasteiger charge is -2.14. The quantitative estimate of drug-likeness (QED) is 0.609. The van der Waals surface area contributed by atoms with Crippen molar-refractivity contribution in [3.05, 3.63) is 15.8 Å². The second kappa shape index (κ2) is 8.16. The van der Waals surface area contributed by atoms with Crippen LogP contribution < -0.4 is 19.7 Å². The lowest BCUT2D eigenvalue weighted by atomic mass is 10.2. The molecule has 3 rings (SSSR count). The van der Waals surface area contributed by atoms with Crippen molar-refractivity contribution in [3.8, 4) is 6.01 Å². The number of hydrogen-bond acceptors (Lipinski definition) is 11. The number of aromatic nitrogens is 3. The molecule has 0 radical (unpaired) electrons. The van der Waals surface area contributed by atoms with Crippen molar-refractivity contribution in [3.63, 3.8) is 0 Å². The van der Waals surface area contributed by atoms with Gasteiger partial charge in [-0.1, -0.05) is 0 Å². The molecule has 14 heteroatoms. The van der Waals surface area contributed by atoms with E-state index in [1.807, 2.05) is 4.72 Å². The first-order valence-electron chi connectivity index (χ1n) is 8.38. The number of nitrogens with one attached hydrogen (secondary N) is 2. The SMILES string of the molecule is CCOc1nc(NC(=O)NS(=O)(=O)c2csc3c2C(=O)OCC3)nc(N(C)C)n1. The van der Waals surface area contributed by atoms with E-state index in [-0.39, 0.29) is 41.6 Å². The third-order valence-corrected chi connectivity index (χ3v) is 6.17. The van der Waals surface area contributed by atoms with E-state index in [0.29, 0.717) is 11.3 Å². The number of anilines is 2. The molecule has 0 bridgehead atoms. The fraction of sp³-hybridized carbons (Fsp3) is 0.400. The second-order valence-corrected chi connectivity index (χ2v) is 8.53. The van der Waals surface area contributed by atoms with Crippen molar-refractivity contribution in [2.75, 3.05) is 37.5 Å². The number of carbonyl (C=O) groups is 2. The molecule has 2 aromatic heterocycles. The summed E-state index contributed by atoms with van der Waals surface area (Å²) in [5.41, 5.74) is -0.0461. The van der Waals surface area contributed by atoms with Gasteiger partial charge in [-0.2, -0.15) is 15.0 Å². The van der Waals surface area contributed by atoms with E-state index >= 15 is 0 Å². The molecule has 1 aliphatic heterocycles. The minimum absolute atomic E-state index is 0.0287. The molecule has 3 heterocycles. The Hall–Kier alpha value is -3.00. The van der Waals surface area contributed by atoms with Crippen LogP contribution in [0.1, 0.15) is 22.2 Å². The zero-order valence-corrected chi connectivity index (χ0v) is 17.4. The molecule has 29 heavy (non-hydrogen) atoms. The molecule has 2 N–H and O–H groups in total. The first-order chi connectivity index (χ1) is 13.7. The Bertz CT molecular complexity index is 1050. The highest BCUT2D eigenvalue weighted by Crippen LogP contribution is 2.30. The maximum absolute atomic E-state index is 12.6. The Kier molecular flexibility index (Phi) is 5.83. The first kappa shape index (κ1) is 20.7. The Morgan fingerprint density at radius 3 is 2.79 bits per heavy atom. The summed E-state index contributed by atoms with van der Waals surface area (Å²) < 4.78 is 37.2. The number of carbonyl (C=O) groups excluding carboxylic acids is 2. The van der Waals surface area contributed by atoms with Crippen LogP contribution in [0, 0.1) is 0 Å². The van der Waals surface area contributed by atoms with E-state index in [4.69, 9.17) is 9.47 Å². The van der Waals surface area contributed by atoms with Gasteiger partial charge in [-0.3, -0.25) is 5.32 Å². The van der Waals surface area contributed by atoms with Gasteiger partial charge in [-0.25, -0.2) is 22.7 Å². The predicted molar refractivity (Wildman–Crippen MR) is 103 cm³/mol. The van der Waals surface area contributed by atoms with Crippen molar-refractivity contribution >= 4 is 45.3 Å². The van der Waals surface area contributed by atoms with E-state index in [0.717, 1.165) is 11.3 Å². The number of hydrogen-bond donors (Lipinski definition) is 2. The highest BCUT2D eigenvalue weighted by atomic mass is 32.2. The van der Waals surface area contributed by atoms with E-state index < -0.39 is 22.0 Å². The number of sulfonamides is 1. The number of amides is 2. The van der Waals surface area contributed by atoms with Gasteiger partial charge < -0.3 is 14.4 Å². The maximum Gasteiger partial charge on any atom is 0.340 e. The number of thiophene rings is 1. The van der Waals surface area contributed by atoms with Gasteiger partial charge in [0.05, 0.1) is 18.8 Å². The number of rotatable bonds is 6. The zero-order valence-electron chi connectivity index (χ0n) is 15.8. The molecule has 0 fully saturated rings. The minimum Gasteiger partial charge on any atom is -0.464 e. The van der Waals surface area contributed by atoms with Gasteiger partial charge in [-0.15, -0.1) is 11.3 Å². The molecule has 2 amide bonds. The van der Waals surface area contributed by atoms with Crippen molar-refractivity contribution in [2.24, 2.45) is 0 Å². The van der Waals surface area contributed by atoms with E-state index in [1.54, 1.807) is 25.9 Å². The van der Waals surface area contributed by atoms with Gasteiger partial charge in [0.15, 0.2) is 0 Å². The molecule has 0 saturated carbocycles. The summed E-state index contributed by atoms with van der Waals surface area (Å²) in [4.78, 5) is 38.0. The molecule has 0 atom stereocenters. The number of urea groups is 1. The molecule has 0 aromatic carbocycles. The Balaban J connectivity index is 1.80. The predicted octanol–water partition coefficient (Wildman–Crippen LogP) is 0.621. The fourth-order valence-corrected chi connectivity index (χ4v) is 4.86. The van der Waals surface area contributed by atoms with Gasteiger partial charge in [0.2, 0.25) is 11.9 Å². The maximum atomic E-state index is 12.6. The van der Waals surface area contributed by atoms with Crippen molar-refractivity contribution in [1.82, 2.24) is 19.7 Å². The molecule has 0 spiro atoms. The molecule has 0 saturated heterocycles. The summed E-state index contributed by atoms with van der Waals surface area (Å²) in [5.74, 6) is -0.731. The van der Waals surface area contributed by atoms with Gasteiger partial charge in [0.1, 0.15) is 4.90 Å². The van der Waals surface area contributed by atoms with Crippen LogP contribution in [-0.4, -0.2) is 62.7 Å². The van der Waals surface area contributed by atoms with Gasteiger partial charge in [0.25, 0.3) is 10.0 Å². The van der Waals surface area contributed by atoms with E-state index in [1.165, 1.54) is 5.38 Å². The average molecular weight is 442 g/mol. The second-order valence-electron chi connectivity index (χ2n) is 5.91. The normalized spacial score (nSPS) is 13.3. The number of esters is 1. The topological polar surface area (TPSA) is 153 Å². The molecule has 0 aliphatic carbocycles. The molecule has 12 nitrogen and oxygen atoms in total. The van der Waals surface area contributed by atoms with Crippen LogP contribution in [0.4, 0.5) is 16.7 Å².